The van der Waals surface area contributed by atoms with E-state index in [2.05, 4.69) is 25.0 Å². The van der Waals surface area contributed by atoms with Crippen molar-refractivity contribution in [2.24, 2.45) is 0 Å². The highest BCUT2D eigenvalue weighted by Crippen LogP contribution is 2.34. The summed E-state index contributed by atoms with van der Waals surface area (Å²) in [5.74, 6) is -0.578. The Morgan fingerprint density at radius 2 is 1.89 bits per heavy atom. The standard InChI is InChI=1S/C24H21FN6O4S/c25-18-8-7-16(15-20(18)32)21-22(31-13-14-35-24(31)30-21)19-9-12-27-23(29-19)26-10-4-11-28-36(33,34)17-5-2-1-3-6-17/h1-3,5-9,12-15,28,32H,4,10-11H2,(H,26,27,29). The monoisotopic (exact) mass is 508 g/mol. The molecule has 0 aliphatic heterocycles. The number of hydrogen-bond donors (Lipinski definition) is 3. The number of sulfonamides is 1. The highest BCUT2D eigenvalue weighted by molar-refractivity contribution is 7.89. The van der Waals surface area contributed by atoms with E-state index in [1.165, 1.54) is 30.5 Å². The van der Waals surface area contributed by atoms with E-state index in [0.29, 0.717) is 47.4 Å². The first-order valence-electron chi connectivity index (χ1n) is 11.0. The van der Waals surface area contributed by atoms with Crippen molar-refractivity contribution in [1.82, 2.24) is 24.1 Å². The van der Waals surface area contributed by atoms with E-state index in [9.17, 15) is 17.9 Å². The van der Waals surface area contributed by atoms with Crippen LogP contribution in [-0.4, -0.2) is 46.0 Å². The van der Waals surface area contributed by atoms with E-state index in [-0.39, 0.29) is 11.4 Å². The highest BCUT2D eigenvalue weighted by atomic mass is 32.2. The van der Waals surface area contributed by atoms with E-state index in [0.717, 1.165) is 6.07 Å². The van der Waals surface area contributed by atoms with Crippen LogP contribution in [0, 0.1) is 5.82 Å². The molecule has 5 aromatic rings. The fraction of sp³-hybridized carbons (Fsp3) is 0.125. The number of aromatic nitrogens is 4. The average molecular weight is 509 g/mol. The molecule has 0 aliphatic rings. The zero-order chi connectivity index (χ0) is 25.1. The number of halogens is 1. The Kier molecular flexibility index (Phi) is 6.36. The van der Waals surface area contributed by atoms with Crippen LogP contribution < -0.4 is 10.0 Å². The lowest BCUT2D eigenvalue weighted by Crippen LogP contribution is -2.26. The van der Waals surface area contributed by atoms with Crippen LogP contribution in [0.2, 0.25) is 0 Å². The number of imidazole rings is 1. The number of oxazole rings is 1. The van der Waals surface area contributed by atoms with Crippen LogP contribution in [0.4, 0.5) is 10.3 Å². The minimum atomic E-state index is -3.56. The van der Waals surface area contributed by atoms with Gasteiger partial charge < -0.3 is 14.8 Å². The van der Waals surface area contributed by atoms with Gasteiger partial charge in [-0.05, 0) is 42.8 Å². The number of aromatic hydroxyl groups is 1. The molecule has 36 heavy (non-hydrogen) atoms. The van der Waals surface area contributed by atoms with E-state index < -0.39 is 21.6 Å². The van der Waals surface area contributed by atoms with Crippen molar-refractivity contribution in [2.75, 3.05) is 18.4 Å². The maximum absolute atomic E-state index is 13.6. The molecule has 3 heterocycles. The molecule has 0 amide bonds. The van der Waals surface area contributed by atoms with Crippen LogP contribution in [0.5, 0.6) is 5.75 Å². The van der Waals surface area contributed by atoms with Crippen LogP contribution >= 0.6 is 0 Å². The van der Waals surface area contributed by atoms with Gasteiger partial charge in [0.15, 0.2) is 11.6 Å². The Bertz CT molecular complexity index is 1620. The number of rotatable bonds is 9. The van der Waals surface area contributed by atoms with Crippen LogP contribution in [0.25, 0.3) is 28.5 Å². The Hall–Kier alpha value is -4.29. The summed E-state index contributed by atoms with van der Waals surface area (Å²) >= 11 is 0. The second kappa shape index (κ2) is 9.76. The van der Waals surface area contributed by atoms with Crippen molar-refractivity contribution < 1.29 is 22.3 Å². The van der Waals surface area contributed by atoms with Gasteiger partial charge in [0, 0.05) is 31.0 Å². The molecule has 0 aliphatic carbocycles. The van der Waals surface area contributed by atoms with E-state index in [1.54, 1.807) is 41.1 Å². The third-order valence-electron chi connectivity index (χ3n) is 5.36. The number of phenolic OH excluding ortho intramolecular Hbond substituents is 1. The molecule has 10 nitrogen and oxygen atoms in total. The molecule has 0 unspecified atom stereocenters. The molecular formula is C24H21FN6O4S. The van der Waals surface area contributed by atoms with Crippen LogP contribution in [0.3, 0.4) is 0 Å². The molecule has 2 aromatic carbocycles. The summed E-state index contributed by atoms with van der Waals surface area (Å²) in [5.41, 5.74) is 2.03. The lowest BCUT2D eigenvalue weighted by molar-refractivity contribution is 0.432. The van der Waals surface area contributed by atoms with Gasteiger partial charge in [-0.15, -0.1) is 0 Å². The summed E-state index contributed by atoms with van der Waals surface area (Å²) in [4.78, 5) is 13.5. The Balaban J connectivity index is 1.31. The minimum absolute atomic E-state index is 0.214. The first-order valence-corrected chi connectivity index (χ1v) is 12.5. The van der Waals surface area contributed by atoms with Crippen molar-refractivity contribution in [1.29, 1.82) is 0 Å². The minimum Gasteiger partial charge on any atom is -0.505 e. The largest absolute Gasteiger partial charge is 0.505 e. The smallest absolute Gasteiger partial charge is 0.306 e. The summed E-state index contributed by atoms with van der Waals surface area (Å²) in [6.07, 6.45) is 5.24. The Morgan fingerprint density at radius 1 is 1.06 bits per heavy atom. The van der Waals surface area contributed by atoms with Crippen molar-refractivity contribution in [3.63, 3.8) is 0 Å². The normalized spacial score (nSPS) is 11.7. The first-order chi connectivity index (χ1) is 17.4. The number of benzene rings is 2. The van der Waals surface area contributed by atoms with Crippen molar-refractivity contribution in [3.05, 3.63) is 79.1 Å². The second-order valence-electron chi connectivity index (χ2n) is 7.79. The fourth-order valence-electron chi connectivity index (χ4n) is 3.65. The highest BCUT2D eigenvalue weighted by Gasteiger charge is 2.20. The summed E-state index contributed by atoms with van der Waals surface area (Å²) in [6.45, 7) is 0.660. The molecular weight excluding hydrogens is 487 g/mol. The summed E-state index contributed by atoms with van der Waals surface area (Å²) in [7, 11) is -3.56. The zero-order valence-electron chi connectivity index (χ0n) is 18.8. The molecule has 0 radical (unpaired) electrons. The lowest BCUT2D eigenvalue weighted by Gasteiger charge is -2.09. The van der Waals surface area contributed by atoms with Gasteiger partial charge in [-0.2, -0.15) is 4.98 Å². The molecule has 0 fully saturated rings. The van der Waals surface area contributed by atoms with Gasteiger partial charge in [-0.25, -0.2) is 27.5 Å². The first kappa shape index (κ1) is 23.5. The lowest BCUT2D eigenvalue weighted by atomic mass is 10.1. The van der Waals surface area contributed by atoms with Gasteiger partial charge >= 0.3 is 5.84 Å². The topological polar surface area (TPSA) is 135 Å². The van der Waals surface area contributed by atoms with Gasteiger partial charge in [0.1, 0.15) is 17.7 Å². The summed E-state index contributed by atoms with van der Waals surface area (Å²) in [6, 6.07) is 13.8. The van der Waals surface area contributed by atoms with Gasteiger partial charge in [0.25, 0.3) is 0 Å². The predicted octanol–water partition coefficient (Wildman–Crippen LogP) is 3.68. The molecule has 184 valence electrons. The van der Waals surface area contributed by atoms with Gasteiger partial charge in [-0.3, -0.25) is 4.40 Å². The van der Waals surface area contributed by atoms with E-state index >= 15 is 0 Å². The molecule has 12 heteroatoms. The van der Waals surface area contributed by atoms with Crippen molar-refractivity contribution >= 4 is 21.8 Å². The van der Waals surface area contributed by atoms with Gasteiger partial charge in [-0.1, -0.05) is 18.2 Å². The number of nitrogens with zero attached hydrogens (tertiary/aromatic N) is 4. The molecule has 0 atom stereocenters. The van der Waals surface area contributed by atoms with Gasteiger partial charge in [0.05, 0.1) is 10.6 Å². The van der Waals surface area contributed by atoms with E-state index in [4.69, 9.17) is 4.42 Å². The van der Waals surface area contributed by atoms with Crippen molar-refractivity contribution in [2.45, 2.75) is 11.3 Å². The number of nitrogens with one attached hydrogen (secondary N) is 2. The molecule has 3 aromatic heterocycles. The van der Waals surface area contributed by atoms with Crippen molar-refractivity contribution in [3.8, 4) is 28.4 Å². The maximum atomic E-state index is 13.6. The third kappa shape index (κ3) is 4.76. The third-order valence-corrected chi connectivity index (χ3v) is 6.84. The quantitative estimate of drug-likeness (QED) is 0.257. The molecule has 0 saturated carbocycles. The number of phenols is 1. The SMILES string of the molecule is O=S(=O)(NCCCNc1nccc(-c2c(-c3ccc(F)c(O)c3)nc3occn23)n1)c1ccccc1. The summed E-state index contributed by atoms with van der Waals surface area (Å²) < 4.78 is 47.9. The molecule has 0 bridgehead atoms. The second-order valence-corrected chi connectivity index (χ2v) is 9.55. The van der Waals surface area contributed by atoms with Gasteiger partial charge in [0.2, 0.25) is 16.0 Å². The fourth-order valence-corrected chi connectivity index (χ4v) is 4.74. The van der Waals surface area contributed by atoms with Crippen LogP contribution in [-0.2, 0) is 10.0 Å². The number of anilines is 1. The van der Waals surface area contributed by atoms with E-state index in [1.807, 2.05) is 0 Å². The predicted molar refractivity (Wildman–Crippen MR) is 130 cm³/mol. The Labute approximate surface area is 205 Å². The molecule has 0 spiro atoms. The number of hydrogen-bond acceptors (Lipinski definition) is 8. The average Bonchev–Trinajstić information content (AvgIpc) is 3.48. The number of fused-ring (bicyclic) bond motifs is 1. The summed E-state index contributed by atoms with van der Waals surface area (Å²) in [5, 5.41) is 12.9. The van der Waals surface area contributed by atoms with Crippen LogP contribution in [0.15, 0.2) is 82.6 Å². The van der Waals surface area contributed by atoms with Crippen LogP contribution in [0.1, 0.15) is 6.42 Å². The Morgan fingerprint density at radius 3 is 2.69 bits per heavy atom. The molecule has 0 saturated heterocycles. The maximum Gasteiger partial charge on any atom is 0.306 e. The molecule has 5 rings (SSSR count). The zero-order valence-corrected chi connectivity index (χ0v) is 19.6. The molecule has 3 N–H and O–H groups in total.